The van der Waals surface area contributed by atoms with Gasteiger partial charge >= 0.3 is 0 Å². The van der Waals surface area contributed by atoms with Crippen LogP contribution in [0, 0.1) is 0 Å². The Morgan fingerprint density at radius 3 is 2.71 bits per heavy atom. The number of amidine groups is 1. The Labute approximate surface area is 84.9 Å². The summed E-state index contributed by atoms with van der Waals surface area (Å²) in [6.45, 7) is 2.17. The van der Waals surface area contributed by atoms with Crippen LogP contribution in [0.5, 0.6) is 0 Å². The number of benzene rings is 1. The minimum atomic E-state index is 0.386. The Hall–Kier alpha value is -1.31. The molecule has 0 amide bonds. The van der Waals surface area contributed by atoms with Crippen LogP contribution in [-0.2, 0) is 0 Å². The van der Waals surface area contributed by atoms with E-state index in [-0.39, 0.29) is 0 Å². The molecule has 2 rings (SSSR count). The summed E-state index contributed by atoms with van der Waals surface area (Å²) in [5.41, 5.74) is 7.14. The molecule has 2 N–H and O–H groups in total. The molecule has 74 valence electrons. The Morgan fingerprint density at radius 1 is 1.36 bits per heavy atom. The van der Waals surface area contributed by atoms with Crippen LogP contribution in [0.2, 0.25) is 0 Å². The maximum absolute atomic E-state index is 5.78. The zero-order valence-corrected chi connectivity index (χ0v) is 8.48. The maximum Gasteiger partial charge on any atom is 0.0947 e. The number of hydrogen-bond acceptors (Lipinski definition) is 2. The van der Waals surface area contributed by atoms with Crippen LogP contribution >= 0.6 is 0 Å². The van der Waals surface area contributed by atoms with Gasteiger partial charge in [-0.2, -0.15) is 0 Å². The number of nitrogens with two attached hydrogens (primary N) is 1. The molecule has 1 aromatic carbocycles. The summed E-state index contributed by atoms with van der Waals surface area (Å²) in [5, 5.41) is 0. The number of nitrogens with zero attached hydrogens (tertiary/aromatic N) is 1. The van der Waals surface area contributed by atoms with Gasteiger partial charge in [0.1, 0.15) is 0 Å². The molecule has 1 aliphatic heterocycles. The van der Waals surface area contributed by atoms with Crippen molar-refractivity contribution in [3.63, 3.8) is 0 Å². The lowest BCUT2D eigenvalue weighted by Gasteiger charge is -2.16. The zero-order chi connectivity index (χ0) is 9.97. The molecule has 1 heterocycles. The summed E-state index contributed by atoms with van der Waals surface area (Å²) in [6, 6.07) is 10.9. The molecule has 0 saturated heterocycles. The third-order valence-electron chi connectivity index (χ3n) is 2.87. The van der Waals surface area contributed by atoms with Crippen molar-refractivity contribution in [2.75, 3.05) is 0 Å². The lowest BCUT2D eigenvalue weighted by molar-refractivity contribution is 0.567. The second-order valence-electron chi connectivity index (χ2n) is 3.82. The highest BCUT2D eigenvalue weighted by Gasteiger charge is 2.27. The quantitative estimate of drug-likeness (QED) is 0.760. The highest BCUT2D eigenvalue weighted by atomic mass is 14.9. The van der Waals surface area contributed by atoms with Crippen LogP contribution in [0.4, 0.5) is 0 Å². The van der Waals surface area contributed by atoms with E-state index in [1.807, 2.05) is 6.07 Å². The summed E-state index contributed by atoms with van der Waals surface area (Å²) >= 11 is 0. The fourth-order valence-corrected chi connectivity index (χ4v) is 2.13. The molecule has 2 nitrogen and oxygen atoms in total. The van der Waals surface area contributed by atoms with Crippen molar-refractivity contribution in [3.05, 3.63) is 35.9 Å². The normalized spacial score (nSPS) is 26.2. The molecule has 2 heteroatoms. The smallest absolute Gasteiger partial charge is 0.0947 e. The fourth-order valence-electron chi connectivity index (χ4n) is 2.13. The van der Waals surface area contributed by atoms with Gasteiger partial charge < -0.3 is 5.73 Å². The zero-order valence-electron chi connectivity index (χ0n) is 8.48. The molecule has 2 atom stereocenters. The molecule has 0 fully saturated rings. The van der Waals surface area contributed by atoms with E-state index in [9.17, 15) is 0 Å². The Balaban J connectivity index is 2.21. The molecular formula is C12H16N2. The lowest BCUT2D eigenvalue weighted by Crippen LogP contribution is -2.12. The topological polar surface area (TPSA) is 38.4 Å². The summed E-state index contributed by atoms with van der Waals surface area (Å²) < 4.78 is 0. The summed E-state index contributed by atoms with van der Waals surface area (Å²) in [4.78, 5) is 4.46. The van der Waals surface area contributed by atoms with Gasteiger partial charge in [0.2, 0.25) is 0 Å². The molecule has 14 heavy (non-hydrogen) atoms. The van der Waals surface area contributed by atoms with Crippen LogP contribution in [0.15, 0.2) is 35.3 Å². The number of aliphatic imine (C=N–C) groups is 1. The van der Waals surface area contributed by atoms with E-state index < -0.39 is 0 Å². The van der Waals surface area contributed by atoms with Crippen LogP contribution in [0.25, 0.3) is 0 Å². The van der Waals surface area contributed by atoms with Crippen LogP contribution in [0.1, 0.15) is 31.2 Å². The van der Waals surface area contributed by atoms with E-state index in [2.05, 4.69) is 36.2 Å². The first-order valence-electron chi connectivity index (χ1n) is 5.18. The van der Waals surface area contributed by atoms with E-state index in [0.29, 0.717) is 12.0 Å². The van der Waals surface area contributed by atoms with Crippen LogP contribution < -0.4 is 5.73 Å². The van der Waals surface area contributed by atoms with Crippen molar-refractivity contribution in [1.29, 1.82) is 0 Å². The van der Waals surface area contributed by atoms with Crippen LogP contribution in [-0.4, -0.2) is 11.9 Å². The minimum absolute atomic E-state index is 0.386. The average molecular weight is 188 g/mol. The second kappa shape index (κ2) is 3.82. The first-order valence-corrected chi connectivity index (χ1v) is 5.18. The molecule has 0 bridgehead atoms. The molecule has 0 spiro atoms. The first-order chi connectivity index (χ1) is 6.81. The van der Waals surface area contributed by atoms with E-state index in [1.165, 1.54) is 5.56 Å². The summed E-state index contributed by atoms with van der Waals surface area (Å²) in [5.74, 6) is 1.31. The van der Waals surface area contributed by atoms with Crippen molar-refractivity contribution >= 4 is 5.84 Å². The average Bonchev–Trinajstić information content (AvgIpc) is 2.61. The SMILES string of the molecule is CCC1N=C(N)CC1c1ccccc1. The van der Waals surface area contributed by atoms with Crippen molar-refractivity contribution in [2.24, 2.45) is 10.7 Å². The number of hydrogen-bond donors (Lipinski definition) is 1. The van der Waals surface area contributed by atoms with Gasteiger partial charge in [0.15, 0.2) is 0 Å². The van der Waals surface area contributed by atoms with Gasteiger partial charge in [-0.15, -0.1) is 0 Å². The van der Waals surface area contributed by atoms with Crippen LogP contribution in [0.3, 0.4) is 0 Å². The molecular weight excluding hydrogens is 172 g/mol. The van der Waals surface area contributed by atoms with E-state index >= 15 is 0 Å². The fraction of sp³-hybridized carbons (Fsp3) is 0.417. The summed E-state index contributed by atoms with van der Waals surface area (Å²) in [6.07, 6.45) is 1.99. The monoisotopic (exact) mass is 188 g/mol. The molecule has 0 saturated carbocycles. The largest absolute Gasteiger partial charge is 0.387 e. The molecule has 1 aliphatic rings. The number of rotatable bonds is 2. The Bertz CT molecular complexity index is 329. The van der Waals surface area contributed by atoms with Gasteiger partial charge in [-0.05, 0) is 12.0 Å². The highest BCUT2D eigenvalue weighted by Crippen LogP contribution is 2.31. The minimum Gasteiger partial charge on any atom is -0.387 e. The third-order valence-corrected chi connectivity index (χ3v) is 2.87. The first kappa shape index (κ1) is 9.25. The van der Waals surface area contributed by atoms with Gasteiger partial charge in [0.05, 0.1) is 11.9 Å². The van der Waals surface area contributed by atoms with Crippen molar-refractivity contribution < 1.29 is 0 Å². The van der Waals surface area contributed by atoms with Crippen molar-refractivity contribution in [2.45, 2.75) is 31.7 Å². The molecule has 0 aliphatic carbocycles. The predicted molar refractivity (Wildman–Crippen MR) is 59.5 cm³/mol. The van der Waals surface area contributed by atoms with Gasteiger partial charge in [-0.25, -0.2) is 0 Å². The lowest BCUT2D eigenvalue weighted by atomic mass is 9.90. The van der Waals surface area contributed by atoms with E-state index in [4.69, 9.17) is 5.73 Å². The second-order valence-corrected chi connectivity index (χ2v) is 3.82. The standard InChI is InChI=1S/C12H16N2/c1-2-11-10(8-12(13)14-11)9-6-4-3-5-7-9/h3-7,10-11H,2,8H2,1H3,(H2,13,14). The molecule has 0 aromatic heterocycles. The molecule has 1 aromatic rings. The summed E-state index contributed by atoms with van der Waals surface area (Å²) in [7, 11) is 0. The maximum atomic E-state index is 5.78. The van der Waals surface area contributed by atoms with Crippen molar-refractivity contribution in [3.8, 4) is 0 Å². The van der Waals surface area contributed by atoms with Gasteiger partial charge in [0, 0.05) is 12.3 Å². The third kappa shape index (κ3) is 1.65. The van der Waals surface area contributed by atoms with Gasteiger partial charge in [-0.3, -0.25) is 4.99 Å². The van der Waals surface area contributed by atoms with Gasteiger partial charge in [0.25, 0.3) is 0 Å². The highest BCUT2D eigenvalue weighted by molar-refractivity contribution is 5.83. The predicted octanol–water partition coefficient (Wildman–Crippen LogP) is 2.31. The van der Waals surface area contributed by atoms with E-state index in [1.54, 1.807) is 0 Å². The Kier molecular flexibility index (Phi) is 2.53. The van der Waals surface area contributed by atoms with Crippen molar-refractivity contribution in [1.82, 2.24) is 0 Å². The molecule has 0 radical (unpaired) electrons. The van der Waals surface area contributed by atoms with E-state index in [0.717, 1.165) is 18.7 Å². The molecule has 2 unspecified atom stereocenters. The van der Waals surface area contributed by atoms with Gasteiger partial charge in [-0.1, -0.05) is 37.3 Å². The Morgan fingerprint density at radius 2 is 2.07 bits per heavy atom.